The predicted molar refractivity (Wildman–Crippen MR) is 62.4 cm³/mol. The van der Waals surface area contributed by atoms with Crippen LogP contribution >= 0.6 is 12.6 Å². The van der Waals surface area contributed by atoms with Crippen LogP contribution in [0.2, 0.25) is 0 Å². The molecule has 0 aromatic heterocycles. The monoisotopic (exact) mass is 240 g/mol. The van der Waals surface area contributed by atoms with Gasteiger partial charge in [0.1, 0.15) is 5.75 Å². The molecule has 2 amide bonds. The Morgan fingerprint density at radius 2 is 1.94 bits per heavy atom. The van der Waals surface area contributed by atoms with Crippen molar-refractivity contribution in [2.45, 2.75) is 0 Å². The fourth-order valence-electron chi connectivity index (χ4n) is 1.07. The number of nitrogens with one attached hydrogen (secondary N) is 2. The van der Waals surface area contributed by atoms with Crippen molar-refractivity contribution in [1.29, 1.82) is 0 Å². The van der Waals surface area contributed by atoms with E-state index in [1.54, 1.807) is 12.1 Å². The number of benzene rings is 1. The SMILES string of the molecule is O=C(CNC(=O)c1ccccc1O)NCS. The second-order valence-corrected chi connectivity index (χ2v) is 3.27. The molecule has 6 heteroatoms. The largest absolute Gasteiger partial charge is 0.507 e. The van der Waals surface area contributed by atoms with Crippen LogP contribution in [-0.2, 0) is 4.79 Å². The molecule has 1 aromatic carbocycles. The fraction of sp³-hybridized carbons (Fsp3) is 0.200. The molecule has 0 radical (unpaired) electrons. The molecule has 3 N–H and O–H groups in total. The van der Waals surface area contributed by atoms with E-state index in [9.17, 15) is 14.7 Å². The Kier molecular flexibility index (Phi) is 4.65. The van der Waals surface area contributed by atoms with Gasteiger partial charge in [-0.3, -0.25) is 9.59 Å². The topological polar surface area (TPSA) is 78.4 Å². The molecule has 0 saturated carbocycles. The summed E-state index contributed by atoms with van der Waals surface area (Å²) in [4.78, 5) is 22.5. The fourth-order valence-corrected chi connectivity index (χ4v) is 1.25. The molecule has 0 unspecified atom stereocenters. The Labute approximate surface area is 98.3 Å². The van der Waals surface area contributed by atoms with Gasteiger partial charge in [-0.05, 0) is 12.1 Å². The standard InChI is InChI=1S/C10H12N2O3S/c13-8-4-2-1-3-7(8)10(15)11-5-9(14)12-6-16/h1-4,13,16H,5-6H2,(H,11,15)(H,12,14). The van der Waals surface area contributed by atoms with Crippen molar-refractivity contribution in [2.24, 2.45) is 0 Å². The molecular formula is C10H12N2O3S. The van der Waals surface area contributed by atoms with Gasteiger partial charge in [0.05, 0.1) is 18.0 Å². The van der Waals surface area contributed by atoms with E-state index in [4.69, 9.17) is 0 Å². The van der Waals surface area contributed by atoms with E-state index in [-0.39, 0.29) is 29.6 Å². The maximum atomic E-state index is 11.5. The van der Waals surface area contributed by atoms with Crippen LogP contribution < -0.4 is 10.6 Å². The highest BCUT2D eigenvalue weighted by molar-refractivity contribution is 7.80. The van der Waals surface area contributed by atoms with Crippen molar-refractivity contribution >= 4 is 24.4 Å². The Morgan fingerprint density at radius 3 is 2.56 bits per heavy atom. The summed E-state index contributed by atoms with van der Waals surface area (Å²) in [6.45, 7) is -0.145. The Bertz CT molecular complexity index is 395. The van der Waals surface area contributed by atoms with Crippen molar-refractivity contribution in [1.82, 2.24) is 10.6 Å². The van der Waals surface area contributed by atoms with Gasteiger partial charge in [-0.1, -0.05) is 12.1 Å². The first kappa shape index (κ1) is 12.4. The van der Waals surface area contributed by atoms with E-state index in [0.29, 0.717) is 0 Å². The number of phenolic OH excluding ortho intramolecular Hbond substituents is 1. The summed E-state index contributed by atoms with van der Waals surface area (Å²) in [5, 5.41) is 14.2. The van der Waals surface area contributed by atoms with Crippen LogP contribution in [0.4, 0.5) is 0 Å². The average Bonchev–Trinajstić information content (AvgIpc) is 2.27. The van der Waals surface area contributed by atoms with Crippen LogP contribution in [0.1, 0.15) is 10.4 Å². The third kappa shape index (κ3) is 3.47. The van der Waals surface area contributed by atoms with E-state index >= 15 is 0 Å². The highest BCUT2D eigenvalue weighted by Crippen LogP contribution is 2.14. The van der Waals surface area contributed by atoms with Crippen molar-refractivity contribution < 1.29 is 14.7 Å². The van der Waals surface area contributed by atoms with E-state index in [0.717, 1.165) is 0 Å². The van der Waals surface area contributed by atoms with Crippen LogP contribution in [0.25, 0.3) is 0 Å². The quantitative estimate of drug-likeness (QED) is 0.446. The lowest BCUT2D eigenvalue weighted by Crippen LogP contribution is -2.36. The lowest BCUT2D eigenvalue weighted by molar-refractivity contribution is -0.119. The molecule has 0 saturated heterocycles. The van der Waals surface area contributed by atoms with Crippen LogP contribution in [0.15, 0.2) is 24.3 Å². The summed E-state index contributed by atoms with van der Waals surface area (Å²) in [6, 6.07) is 6.12. The van der Waals surface area contributed by atoms with E-state index in [1.807, 2.05) is 0 Å². The molecule has 0 aliphatic rings. The molecule has 0 atom stereocenters. The average molecular weight is 240 g/mol. The van der Waals surface area contributed by atoms with E-state index in [1.165, 1.54) is 12.1 Å². The summed E-state index contributed by atoms with van der Waals surface area (Å²) >= 11 is 3.81. The van der Waals surface area contributed by atoms with Gasteiger partial charge in [0.15, 0.2) is 0 Å². The lowest BCUT2D eigenvalue weighted by Gasteiger charge is -2.06. The van der Waals surface area contributed by atoms with Crippen LogP contribution in [0, 0.1) is 0 Å². The van der Waals surface area contributed by atoms with Crippen molar-refractivity contribution in [2.75, 3.05) is 12.4 Å². The second-order valence-electron chi connectivity index (χ2n) is 2.96. The number of para-hydroxylation sites is 1. The zero-order valence-corrected chi connectivity index (χ0v) is 9.33. The Balaban J connectivity index is 2.54. The van der Waals surface area contributed by atoms with Gasteiger partial charge in [0.25, 0.3) is 5.91 Å². The molecule has 0 fully saturated rings. The highest BCUT2D eigenvalue weighted by atomic mass is 32.1. The number of amides is 2. The third-order valence-electron chi connectivity index (χ3n) is 1.83. The summed E-state index contributed by atoms with van der Waals surface area (Å²) in [6.07, 6.45) is 0. The first-order valence-corrected chi connectivity index (χ1v) is 5.22. The van der Waals surface area contributed by atoms with Crippen LogP contribution in [0.3, 0.4) is 0 Å². The van der Waals surface area contributed by atoms with Gasteiger partial charge >= 0.3 is 0 Å². The summed E-state index contributed by atoms with van der Waals surface area (Å²) < 4.78 is 0. The van der Waals surface area contributed by atoms with Crippen LogP contribution in [0.5, 0.6) is 5.75 Å². The summed E-state index contributed by atoms with van der Waals surface area (Å²) in [5.74, 6) is -0.730. The minimum atomic E-state index is -0.493. The van der Waals surface area contributed by atoms with Gasteiger partial charge in [0, 0.05) is 0 Å². The molecular weight excluding hydrogens is 228 g/mol. The van der Waals surface area contributed by atoms with Crippen molar-refractivity contribution in [3.05, 3.63) is 29.8 Å². The first-order chi connectivity index (χ1) is 7.65. The lowest BCUT2D eigenvalue weighted by atomic mass is 10.2. The minimum absolute atomic E-state index is 0.116. The van der Waals surface area contributed by atoms with E-state index in [2.05, 4.69) is 23.3 Å². The van der Waals surface area contributed by atoms with Gasteiger partial charge in [-0.2, -0.15) is 12.6 Å². The summed E-state index contributed by atoms with van der Waals surface area (Å²) in [5.41, 5.74) is 0.140. The number of carbonyl (C=O) groups excluding carboxylic acids is 2. The minimum Gasteiger partial charge on any atom is -0.507 e. The maximum absolute atomic E-state index is 11.5. The van der Waals surface area contributed by atoms with Gasteiger partial charge in [-0.25, -0.2) is 0 Å². The number of phenols is 1. The normalized spacial score (nSPS) is 9.56. The number of thiol groups is 1. The van der Waals surface area contributed by atoms with E-state index < -0.39 is 5.91 Å². The van der Waals surface area contributed by atoms with Gasteiger partial charge in [-0.15, -0.1) is 0 Å². The molecule has 0 heterocycles. The first-order valence-electron chi connectivity index (χ1n) is 4.59. The second kappa shape index (κ2) is 6.02. The molecule has 0 aliphatic heterocycles. The number of carbonyl (C=O) groups is 2. The Hall–Kier alpha value is -1.69. The molecule has 0 bridgehead atoms. The highest BCUT2D eigenvalue weighted by Gasteiger charge is 2.10. The third-order valence-corrected chi connectivity index (χ3v) is 1.99. The van der Waals surface area contributed by atoms with Gasteiger partial charge < -0.3 is 15.7 Å². The van der Waals surface area contributed by atoms with Crippen molar-refractivity contribution in [3.63, 3.8) is 0 Å². The smallest absolute Gasteiger partial charge is 0.255 e. The summed E-state index contributed by atoms with van der Waals surface area (Å²) in [7, 11) is 0. The molecule has 0 spiro atoms. The number of rotatable bonds is 4. The molecule has 0 aliphatic carbocycles. The Morgan fingerprint density at radius 1 is 1.25 bits per heavy atom. The zero-order chi connectivity index (χ0) is 12.0. The number of hydrogen-bond donors (Lipinski definition) is 4. The predicted octanol–water partition coefficient (Wildman–Crippen LogP) is 0.126. The molecule has 16 heavy (non-hydrogen) atoms. The van der Waals surface area contributed by atoms with Crippen molar-refractivity contribution in [3.8, 4) is 5.75 Å². The number of aromatic hydroxyl groups is 1. The maximum Gasteiger partial charge on any atom is 0.255 e. The molecule has 1 aromatic rings. The molecule has 5 nitrogen and oxygen atoms in total. The molecule has 1 rings (SSSR count). The molecule has 86 valence electrons. The van der Waals surface area contributed by atoms with Gasteiger partial charge in [0.2, 0.25) is 5.91 Å². The van der Waals surface area contributed by atoms with Crippen LogP contribution in [-0.4, -0.2) is 29.3 Å². The zero-order valence-electron chi connectivity index (χ0n) is 8.43. The number of hydrogen-bond acceptors (Lipinski definition) is 4.